The summed E-state index contributed by atoms with van der Waals surface area (Å²) >= 11 is 1.58. The SMILES string of the molecule is CC(C)(C)C1=C(C(C)(C)C)C[C]([Zr+2])=C1.[Cl-].[Cl-]. The van der Waals surface area contributed by atoms with Crippen molar-refractivity contribution in [1.29, 1.82) is 0 Å². The van der Waals surface area contributed by atoms with Crippen molar-refractivity contribution in [3.63, 3.8) is 0 Å². The second-order valence-corrected chi connectivity index (χ2v) is 7.82. The summed E-state index contributed by atoms with van der Waals surface area (Å²) in [6, 6.07) is 0. The maximum Gasteiger partial charge on any atom is -1.00 e. The Morgan fingerprint density at radius 2 is 1.38 bits per heavy atom. The minimum Gasteiger partial charge on any atom is -1.00 e. The Morgan fingerprint density at radius 1 is 0.938 bits per heavy atom. The van der Waals surface area contributed by atoms with E-state index in [0.717, 1.165) is 0 Å². The van der Waals surface area contributed by atoms with Gasteiger partial charge in [0.15, 0.2) is 0 Å². The first-order valence-electron chi connectivity index (χ1n) is 5.28. The maximum absolute atomic E-state index is 2.43. The van der Waals surface area contributed by atoms with Crippen LogP contribution in [0.15, 0.2) is 20.5 Å². The molecule has 0 aromatic rings. The Morgan fingerprint density at radius 3 is 1.62 bits per heavy atom. The first-order chi connectivity index (χ1) is 6.12. The smallest absolute Gasteiger partial charge is 1.00 e. The first-order valence-corrected chi connectivity index (χ1v) is 6.51. The van der Waals surface area contributed by atoms with Crippen LogP contribution in [0.4, 0.5) is 0 Å². The van der Waals surface area contributed by atoms with Crippen LogP contribution >= 0.6 is 0 Å². The van der Waals surface area contributed by atoms with Gasteiger partial charge in [0.2, 0.25) is 0 Å². The van der Waals surface area contributed by atoms with E-state index in [2.05, 4.69) is 47.6 Å². The Bertz CT molecular complexity index is 301. The summed E-state index contributed by atoms with van der Waals surface area (Å²) < 4.78 is 1.60. The Balaban J connectivity index is 0. The van der Waals surface area contributed by atoms with Crippen molar-refractivity contribution in [2.75, 3.05) is 0 Å². The molecule has 1 rings (SSSR count). The normalized spacial score (nSPS) is 16.6. The van der Waals surface area contributed by atoms with E-state index in [1.807, 2.05) is 0 Å². The van der Waals surface area contributed by atoms with Gasteiger partial charge in [-0.25, -0.2) is 0 Å². The molecule has 0 aromatic carbocycles. The number of hydrogen-bond acceptors (Lipinski definition) is 0. The predicted molar refractivity (Wildman–Crippen MR) is 58.6 cm³/mol. The summed E-state index contributed by atoms with van der Waals surface area (Å²) in [4.78, 5) is 0. The van der Waals surface area contributed by atoms with E-state index in [4.69, 9.17) is 0 Å². The van der Waals surface area contributed by atoms with Crippen molar-refractivity contribution in [1.82, 2.24) is 0 Å². The van der Waals surface area contributed by atoms with Gasteiger partial charge in [0.1, 0.15) is 0 Å². The second kappa shape index (κ2) is 6.21. The van der Waals surface area contributed by atoms with E-state index in [-0.39, 0.29) is 24.8 Å². The molecule has 0 amide bonds. The molecule has 0 fully saturated rings. The molecule has 91 valence electrons. The maximum atomic E-state index is 2.43. The molecular weight excluding hydrogens is 318 g/mol. The summed E-state index contributed by atoms with van der Waals surface area (Å²) in [7, 11) is 0. The molecule has 0 aromatic heterocycles. The van der Waals surface area contributed by atoms with Gasteiger partial charge in [0, 0.05) is 0 Å². The van der Waals surface area contributed by atoms with Crippen molar-refractivity contribution in [3.8, 4) is 0 Å². The number of hydrogen-bond donors (Lipinski definition) is 0. The molecule has 0 saturated heterocycles. The molecule has 0 aliphatic heterocycles. The zero-order chi connectivity index (χ0) is 11.1. The van der Waals surface area contributed by atoms with Gasteiger partial charge in [0.25, 0.3) is 0 Å². The van der Waals surface area contributed by atoms with Crippen LogP contribution in [-0.4, -0.2) is 0 Å². The molecule has 1 aliphatic carbocycles. The van der Waals surface area contributed by atoms with Gasteiger partial charge >= 0.3 is 104 Å². The minimum absolute atomic E-state index is 0. The van der Waals surface area contributed by atoms with Gasteiger partial charge in [-0.2, -0.15) is 0 Å². The topological polar surface area (TPSA) is 0 Å². The van der Waals surface area contributed by atoms with Crippen LogP contribution in [0.3, 0.4) is 0 Å². The number of rotatable bonds is 0. The molecule has 0 N–H and O–H groups in total. The van der Waals surface area contributed by atoms with E-state index in [9.17, 15) is 0 Å². The van der Waals surface area contributed by atoms with Crippen LogP contribution in [0.2, 0.25) is 0 Å². The van der Waals surface area contributed by atoms with Crippen LogP contribution in [0.25, 0.3) is 0 Å². The fourth-order valence-electron chi connectivity index (χ4n) is 1.94. The summed E-state index contributed by atoms with van der Waals surface area (Å²) in [6.07, 6.45) is 3.65. The Labute approximate surface area is 128 Å². The van der Waals surface area contributed by atoms with Crippen LogP contribution in [0, 0.1) is 10.8 Å². The molecule has 0 bridgehead atoms. The molecule has 0 nitrogen and oxygen atoms in total. The van der Waals surface area contributed by atoms with Crippen LogP contribution < -0.4 is 24.8 Å². The fourth-order valence-corrected chi connectivity index (χ4v) is 2.73. The molecule has 0 radical (unpaired) electrons. The summed E-state index contributed by atoms with van der Waals surface area (Å²) in [5.41, 5.74) is 3.87. The van der Waals surface area contributed by atoms with Crippen molar-refractivity contribution in [2.24, 2.45) is 10.8 Å². The predicted octanol–water partition coefficient (Wildman–Crippen LogP) is -1.78. The van der Waals surface area contributed by atoms with Gasteiger partial charge in [-0.3, -0.25) is 0 Å². The number of allylic oxidation sites excluding steroid dienone is 4. The molecule has 0 saturated carbocycles. The average Bonchev–Trinajstić information content (AvgIpc) is 2.27. The quantitative estimate of drug-likeness (QED) is 0.490. The summed E-state index contributed by atoms with van der Waals surface area (Å²) in [6.45, 7) is 13.9. The van der Waals surface area contributed by atoms with Gasteiger partial charge in [-0.05, 0) is 0 Å². The van der Waals surface area contributed by atoms with E-state index < -0.39 is 0 Å². The second-order valence-electron chi connectivity index (χ2n) is 6.24. The monoisotopic (exact) mass is 337 g/mol. The molecule has 0 heterocycles. The van der Waals surface area contributed by atoms with Crippen LogP contribution in [0.5, 0.6) is 0 Å². The van der Waals surface area contributed by atoms with E-state index >= 15 is 0 Å². The van der Waals surface area contributed by atoms with E-state index in [1.54, 1.807) is 39.1 Å². The molecule has 0 atom stereocenters. The van der Waals surface area contributed by atoms with Gasteiger partial charge in [0.05, 0.1) is 0 Å². The van der Waals surface area contributed by atoms with Gasteiger partial charge in [-0.1, -0.05) is 0 Å². The zero-order valence-corrected chi connectivity index (χ0v) is 15.0. The van der Waals surface area contributed by atoms with E-state index in [0.29, 0.717) is 10.8 Å². The number of halogens is 2. The average molecular weight is 339 g/mol. The third kappa shape index (κ3) is 4.67. The minimum atomic E-state index is 0. The molecule has 0 spiro atoms. The van der Waals surface area contributed by atoms with Crippen molar-refractivity contribution in [3.05, 3.63) is 20.5 Å². The standard InChI is InChI=1S/C13H21.2ClH.Zr/c1-12(2,3)10-8-7-9-11(10)13(4,5)6;;;/h8H,9H2,1-6H3;2*1H;/q;;;+2/p-2. The summed E-state index contributed by atoms with van der Waals surface area (Å²) in [5.74, 6) is 0. The fraction of sp³-hybridized carbons (Fsp3) is 0.692. The zero-order valence-electron chi connectivity index (χ0n) is 11.0. The summed E-state index contributed by atoms with van der Waals surface area (Å²) in [5, 5.41) is 0. The van der Waals surface area contributed by atoms with E-state index in [1.165, 1.54) is 6.42 Å². The largest absolute Gasteiger partial charge is 1.00 e. The molecule has 3 heteroatoms. The van der Waals surface area contributed by atoms with Crippen LogP contribution in [0.1, 0.15) is 48.0 Å². The third-order valence-corrected chi connectivity index (χ3v) is 3.51. The first kappa shape index (κ1) is 19.3. The van der Waals surface area contributed by atoms with Crippen molar-refractivity contribution >= 4 is 0 Å². The van der Waals surface area contributed by atoms with Gasteiger partial charge in [-0.15, -0.1) is 0 Å². The molecule has 1 aliphatic rings. The van der Waals surface area contributed by atoms with Crippen molar-refractivity contribution < 1.29 is 49.5 Å². The van der Waals surface area contributed by atoms with Gasteiger partial charge < -0.3 is 24.8 Å². The Hall–Kier alpha value is 0.943. The van der Waals surface area contributed by atoms with Crippen molar-refractivity contribution in [2.45, 2.75) is 48.0 Å². The Kier molecular flexibility index (Phi) is 7.49. The third-order valence-electron chi connectivity index (χ3n) is 2.72. The van der Waals surface area contributed by atoms with Crippen LogP contribution in [-0.2, 0) is 24.7 Å². The molecular formula is C13H21Cl2Zr. The molecule has 0 unspecified atom stereocenters. The molecule has 16 heavy (non-hydrogen) atoms.